The maximum absolute atomic E-state index is 14.6. The molecule has 2 atom stereocenters. The van der Waals surface area contributed by atoms with Crippen molar-refractivity contribution >= 4 is 31.9 Å². The number of ether oxygens (including phenoxy) is 4. The summed E-state index contributed by atoms with van der Waals surface area (Å²) in [6, 6.07) is 57.5. The number of unbranched alkanes of at least 4 members (excludes halogenated alkanes) is 1. The number of carbonyl (C=O) groups excluding carboxylic acids is 4. The molecule has 0 unspecified atom stereocenters. The van der Waals surface area contributed by atoms with Gasteiger partial charge in [-0.25, -0.2) is 18.9 Å². The molecule has 0 radical (unpaired) electrons. The highest BCUT2D eigenvalue weighted by molar-refractivity contribution is 7.48. The zero-order valence-corrected chi connectivity index (χ0v) is 42.2. The third-order valence-electron chi connectivity index (χ3n) is 11.4. The van der Waals surface area contributed by atoms with Gasteiger partial charge in [0.15, 0.2) is 11.5 Å². The van der Waals surface area contributed by atoms with E-state index in [4.69, 9.17) is 32.5 Å². The second-order valence-electron chi connectivity index (χ2n) is 17.2. The molecule has 15 nitrogen and oxygen atoms in total. The number of hydrogen-bond acceptors (Lipinski definition) is 12. The number of carbonyl (C=O) groups is 4. The van der Waals surface area contributed by atoms with Gasteiger partial charge < -0.3 is 39.4 Å². The monoisotopic (exact) mass is 1030 g/mol. The fraction of sp³-hybridized carbons (Fsp3) is 0.220. The molecule has 0 aliphatic carbocycles. The Morgan fingerprint density at radius 3 is 1.36 bits per heavy atom. The van der Waals surface area contributed by atoms with Crippen LogP contribution in [-0.2, 0) is 83.5 Å². The lowest BCUT2D eigenvalue weighted by Crippen LogP contribution is -2.52. The van der Waals surface area contributed by atoms with E-state index in [0.29, 0.717) is 18.4 Å². The molecule has 3 N–H and O–H groups in total. The normalized spacial score (nSPS) is 11.8. The number of phosphoric ester groups is 1. The summed E-state index contributed by atoms with van der Waals surface area (Å²) in [5, 5.41) is 8.23. The predicted octanol–water partition coefficient (Wildman–Crippen LogP) is 11.3. The van der Waals surface area contributed by atoms with Crippen LogP contribution in [0.15, 0.2) is 200 Å². The molecule has 75 heavy (non-hydrogen) atoms. The van der Waals surface area contributed by atoms with Gasteiger partial charge in [-0.1, -0.05) is 188 Å². The minimum absolute atomic E-state index is 0.0311. The number of phosphoric acid groups is 1. The first kappa shape index (κ1) is 54.5. The Balaban J connectivity index is 1.11. The first-order chi connectivity index (χ1) is 36.7. The number of amides is 3. The second kappa shape index (κ2) is 29.5. The molecular formula is C59H60N3O12P. The van der Waals surface area contributed by atoms with Gasteiger partial charge in [0.25, 0.3) is 0 Å². The highest BCUT2D eigenvalue weighted by atomic mass is 31.2. The van der Waals surface area contributed by atoms with E-state index in [9.17, 15) is 23.7 Å². The molecule has 0 aliphatic rings. The van der Waals surface area contributed by atoms with E-state index < -0.39 is 44.0 Å². The second-order valence-corrected chi connectivity index (χ2v) is 18.8. The lowest BCUT2D eigenvalue weighted by atomic mass is 10.0. The summed E-state index contributed by atoms with van der Waals surface area (Å²) in [7, 11) is -4.37. The van der Waals surface area contributed by atoms with Gasteiger partial charge in [0, 0.05) is 13.0 Å². The minimum atomic E-state index is -4.37. The number of hydrogen-bond donors (Lipinski definition) is 3. The van der Waals surface area contributed by atoms with Gasteiger partial charge in [-0.05, 0) is 70.3 Å². The van der Waals surface area contributed by atoms with E-state index in [1.165, 1.54) is 6.07 Å². The molecule has 0 aliphatic heterocycles. The van der Waals surface area contributed by atoms with Crippen LogP contribution in [0.4, 0.5) is 9.59 Å². The average Bonchev–Trinajstić information content (AvgIpc) is 3.45. The van der Waals surface area contributed by atoms with Gasteiger partial charge in [-0.15, -0.1) is 0 Å². The molecule has 0 aromatic heterocycles. The fourth-order valence-electron chi connectivity index (χ4n) is 7.41. The largest absolute Gasteiger partial charge is 0.530 e. The van der Waals surface area contributed by atoms with E-state index in [1.807, 2.05) is 158 Å². The Hall–Kier alpha value is -8.23. The highest BCUT2D eigenvalue weighted by Crippen LogP contribution is 2.53. The molecule has 0 bridgehead atoms. The van der Waals surface area contributed by atoms with E-state index in [2.05, 4.69) is 16.0 Å². The zero-order valence-electron chi connectivity index (χ0n) is 41.3. The van der Waals surface area contributed by atoms with Gasteiger partial charge in [0.1, 0.15) is 38.5 Å². The molecule has 0 saturated carbocycles. The first-order valence-corrected chi connectivity index (χ1v) is 26.0. The first-order valence-electron chi connectivity index (χ1n) is 24.6. The van der Waals surface area contributed by atoms with Crippen LogP contribution in [-0.4, -0.2) is 42.7 Å². The minimum Gasteiger partial charge on any atom is -0.485 e. The number of nitrogens with one attached hydrogen (secondary N) is 3. The molecule has 0 spiro atoms. The number of alkyl carbamates (subject to hydrolysis) is 2. The molecule has 7 aromatic carbocycles. The fourth-order valence-corrected chi connectivity index (χ4v) is 8.60. The third-order valence-corrected chi connectivity index (χ3v) is 12.7. The van der Waals surface area contributed by atoms with Crippen molar-refractivity contribution in [2.45, 2.75) is 77.4 Å². The van der Waals surface area contributed by atoms with Crippen LogP contribution in [0.2, 0.25) is 0 Å². The third kappa shape index (κ3) is 19.3. The molecule has 0 saturated heterocycles. The Bertz CT molecular complexity index is 2840. The predicted molar refractivity (Wildman–Crippen MR) is 282 cm³/mol. The van der Waals surface area contributed by atoms with Crippen LogP contribution >= 0.6 is 7.82 Å². The molecule has 16 heteroatoms. The van der Waals surface area contributed by atoms with Crippen molar-refractivity contribution in [3.63, 3.8) is 0 Å². The molecule has 0 fully saturated rings. The number of esters is 1. The molecule has 0 heterocycles. The van der Waals surface area contributed by atoms with Crippen molar-refractivity contribution in [2.24, 2.45) is 0 Å². The van der Waals surface area contributed by atoms with E-state index in [-0.39, 0.29) is 70.5 Å². The Labute approximate surface area is 437 Å². The molecule has 3 amide bonds. The summed E-state index contributed by atoms with van der Waals surface area (Å²) in [6.07, 6.45) is -0.651. The summed E-state index contributed by atoms with van der Waals surface area (Å²) >= 11 is 0. The van der Waals surface area contributed by atoms with Crippen molar-refractivity contribution in [2.75, 3.05) is 6.54 Å². The number of benzene rings is 7. The SMILES string of the molecule is O=C(NCCCC[C@H](NC(=O)OCc1ccccc1)C(=O)N[C@@H](Cc1ccc(OP(=O)(OCc2ccccc2)OCc2ccccc2)c(OCc2ccccc2)c1)C(=O)OCc1ccccc1)OCc1ccccc1. The van der Waals surface area contributed by atoms with Gasteiger partial charge >= 0.3 is 26.0 Å². The zero-order chi connectivity index (χ0) is 52.3. The maximum atomic E-state index is 14.6. The molecule has 7 rings (SSSR count). The van der Waals surface area contributed by atoms with Crippen molar-refractivity contribution in [3.8, 4) is 11.5 Å². The van der Waals surface area contributed by atoms with Gasteiger partial charge in [-0.3, -0.25) is 13.8 Å². The Kier molecular flexibility index (Phi) is 21.4. The maximum Gasteiger partial charge on any atom is 0.530 e. The Morgan fingerprint density at radius 2 is 0.867 bits per heavy atom. The summed E-state index contributed by atoms with van der Waals surface area (Å²) in [6.45, 7) is 0.120. The van der Waals surface area contributed by atoms with Crippen LogP contribution in [0.1, 0.15) is 58.2 Å². The van der Waals surface area contributed by atoms with Crippen LogP contribution in [0.25, 0.3) is 0 Å². The lowest BCUT2D eigenvalue weighted by molar-refractivity contribution is -0.149. The van der Waals surface area contributed by atoms with Crippen molar-refractivity contribution < 1.29 is 56.3 Å². The smallest absolute Gasteiger partial charge is 0.485 e. The van der Waals surface area contributed by atoms with Gasteiger partial charge in [-0.2, -0.15) is 0 Å². The van der Waals surface area contributed by atoms with Crippen LogP contribution in [0.3, 0.4) is 0 Å². The molecule has 388 valence electrons. The lowest BCUT2D eigenvalue weighted by Gasteiger charge is -2.24. The van der Waals surface area contributed by atoms with E-state index in [0.717, 1.165) is 33.4 Å². The summed E-state index contributed by atoms with van der Waals surface area (Å²) < 4.78 is 55.6. The molecule has 7 aromatic rings. The van der Waals surface area contributed by atoms with Gasteiger partial charge in [0.05, 0.1) is 13.2 Å². The summed E-state index contributed by atoms with van der Waals surface area (Å²) in [5.41, 5.74) is 5.10. The average molecular weight is 1030 g/mol. The van der Waals surface area contributed by atoms with Crippen molar-refractivity contribution in [1.29, 1.82) is 0 Å². The van der Waals surface area contributed by atoms with E-state index >= 15 is 0 Å². The summed E-state index contributed by atoms with van der Waals surface area (Å²) in [5.74, 6) is -1.26. The van der Waals surface area contributed by atoms with Crippen molar-refractivity contribution in [3.05, 3.63) is 239 Å². The quantitative estimate of drug-likeness (QED) is 0.0183. The van der Waals surface area contributed by atoms with E-state index in [1.54, 1.807) is 36.4 Å². The number of rotatable bonds is 28. The highest BCUT2D eigenvalue weighted by Gasteiger charge is 2.32. The van der Waals surface area contributed by atoms with Gasteiger partial charge in [0.2, 0.25) is 5.91 Å². The standard InChI is InChI=1S/C59H60N3O12P/c63-56(52(62-59(66)71-42-48-27-13-4-14-28-48)33-19-20-36-60-58(65)70-41-47-25-11-3-12-26-47)61-53(57(64)69-40-46-23-9-2-10-24-46)37-51-34-35-54(55(38-51)68-39-45-21-7-1-8-22-45)74-75(67,72-43-49-29-15-5-16-30-49)73-44-50-31-17-6-18-32-50/h1-18,21-32,34-35,38,52-53H,19-20,33,36-37,39-44H2,(H,60,65)(H,61,63)(H,62,66)/t52-,53-/m0/s1. The molecular weight excluding hydrogens is 974 g/mol. The Morgan fingerprint density at radius 1 is 0.427 bits per heavy atom. The topological polar surface area (TPSA) is 186 Å². The van der Waals surface area contributed by atoms with Crippen LogP contribution in [0, 0.1) is 0 Å². The summed E-state index contributed by atoms with van der Waals surface area (Å²) in [4.78, 5) is 54.3. The van der Waals surface area contributed by atoms with Crippen LogP contribution in [0.5, 0.6) is 11.5 Å². The van der Waals surface area contributed by atoms with Crippen molar-refractivity contribution in [1.82, 2.24) is 16.0 Å². The van der Waals surface area contributed by atoms with Crippen LogP contribution < -0.4 is 25.2 Å².